The quantitative estimate of drug-likeness (QED) is 0.804. The van der Waals surface area contributed by atoms with Gasteiger partial charge in [0.1, 0.15) is 0 Å². The standard InChI is InChI=1S/C12H8N4OS2/c17-11(14-12-13-6-7-18-12)9-10(19-16-15-9)8-4-2-1-3-5-8/h1-7H,(H,13,14,17). The fourth-order valence-corrected chi connectivity index (χ4v) is 2.75. The Hall–Kier alpha value is -2.12. The predicted molar refractivity (Wildman–Crippen MR) is 75.4 cm³/mol. The highest BCUT2D eigenvalue weighted by Gasteiger charge is 2.18. The summed E-state index contributed by atoms with van der Waals surface area (Å²) in [6.45, 7) is 0. The highest BCUT2D eigenvalue weighted by molar-refractivity contribution is 7.13. The number of thiazole rings is 1. The van der Waals surface area contributed by atoms with E-state index in [2.05, 4.69) is 19.9 Å². The molecule has 1 N–H and O–H groups in total. The topological polar surface area (TPSA) is 67.8 Å². The maximum Gasteiger partial charge on any atom is 0.279 e. The monoisotopic (exact) mass is 288 g/mol. The summed E-state index contributed by atoms with van der Waals surface area (Å²) in [7, 11) is 0. The van der Waals surface area contributed by atoms with Crippen molar-refractivity contribution in [3.8, 4) is 10.4 Å². The maximum absolute atomic E-state index is 12.1. The molecule has 0 spiro atoms. The van der Waals surface area contributed by atoms with Crippen LogP contribution in [0.15, 0.2) is 41.9 Å². The first kappa shape index (κ1) is 11.9. The first-order valence-electron chi connectivity index (χ1n) is 5.43. The number of benzene rings is 1. The summed E-state index contributed by atoms with van der Waals surface area (Å²) in [5, 5.41) is 8.96. The van der Waals surface area contributed by atoms with Crippen LogP contribution < -0.4 is 5.32 Å². The Balaban J connectivity index is 1.90. The van der Waals surface area contributed by atoms with Crippen LogP contribution in [0.25, 0.3) is 10.4 Å². The van der Waals surface area contributed by atoms with Crippen LogP contribution in [0.2, 0.25) is 0 Å². The number of nitrogens with zero attached hydrogens (tertiary/aromatic N) is 3. The maximum atomic E-state index is 12.1. The molecule has 0 atom stereocenters. The zero-order chi connectivity index (χ0) is 13.1. The highest BCUT2D eigenvalue weighted by Crippen LogP contribution is 2.26. The second-order valence-corrected chi connectivity index (χ2v) is 5.26. The Kier molecular flexibility index (Phi) is 3.30. The summed E-state index contributed by atoms with van der Waals surface area (Å²) in [6, 6.07) is 9.60. The molecule has 0 aliphatic heterocycles. The summed E-state index contributed by atoms with van der Waals surface area (Å²) in [4.78, 5) is 16.9. The molecule has 0 bridgehead atoms. The van der Waals surface area contributed by atoms with Gasteiger partial charge in [-0.1, -0.05) is 34.8 Å². The number of aromatic nitrogens is 3. The lowest BCUT2D eigenvalue weighted by Crippen LogP contribution is -2.13. The highest BCUT2D eigenvalue weighted by atomic mass is 32.1. The number of carbonyl (C=O) groups is 1. The molecule has 2 aromatic heterocycles. The minimum Gasteiger partial charge on any atom is -0.296 e. The zero-order valence-electron chi connectivity index (χ0n) is 9.61. The first-order chi connectivity index (χ1) is 9.34. The van der Waals surface area contributed by atoms with Crippen molar-refractivity contribution < 1.29 is 4.79 Å². The molecule has 3 rings (SSSR count). The fraction of sp³-hybridized carbons (Fsp3) is 0. The van der Waals surface area contributed by atoms with E-state index >= 15 is 0 Å². The van der Waals surface area contributed by atoms with Gasteiger partial charge in [-0.25, -0.2) is 4.98 Å². The van der Waals surface area contributed by atoms with Gasteiger partial charge in [0.25, 0.3) is 5.91 Å². The van der Waals surface area contributed by atoms with Crippen molar-refractivity contribution in [3.05, 3.63) is 47.6 Å². The van der Waals surface area contributed by atoms with Crippen LogP contribution in [0.1, 0.15) is 10.5 Å². The molecule has 0 aliphatic rings. The molecule has 3 aromatic rings. The molecular formula is C12H8N4OS2. The van der Waals surface area contributed by atoms with Gasteiger partial charge in [0, 0.05) is 11.6 Å². The molecular weight excluding hydrogens is 280 g/mol. The lowest BCUT2D eigenvalue weighted by atomic mass is 10.1. The molecule has 2 heterocycles. The molecule has 1 amide bonds. The van der Waals surface area contributed by atoms with Crippen molar-refractivity contribution in [3.63, 3.8) is 0 Å². The van der Waals surface area contributed by atoms with Gasteiger partial charge >= 0.3 is 0 Å². The van der Waals surface area contributed by atoms with E-state index in [0.29, 0.717) is 10.8 Å². The Morgan fingerprint density at radius 1 is 1.21 bits per heavy atom. The average Bonchev–Trinajstić information content (AvgIpc) is 3.10. The van der Waals surface area contributed by atoms with Gasteiger partial charge in [0.05, 0.1) is 4.88 Å². The Labute approximate surface area is 117 Å². The van der Waals surface area contributed by atoms with Crippen LogP contribution in [-0.4, -0.2) is 20.5 Å². The SMILES string of the molecule is O=C(Nc1nccs1)c1nnsc1-c1ccccc1. The number of rotatable bonds is 3. The summed E-state index contributed by atoms with van der Waals surface area (Å²) in [6.07, 6.45) is 1.64. The van der Waals surface area contributed by atoms with Gasteiger partial charge in [-0.3, -0.25) is 10.1 Å². The molecule has 0 aliphatic carbocycles. The smallest absolute Gasteiger partial charge is 0.279 e. The molecule has 94 valence electrons. The second kappa shape index (κ2) is 5.25. The normalized spacial score (nSPS) is 10.3. The van der Waals surface area contributed by atoms with E-state index in [1.54, 1.807) is 11.6 Å². The molecule has 0 fully saturated rings. The van der Waals surface area contributed by atoms with E-state index in [1.165, 1.54) is 22.9 Å². The zero-order valence-corrected chi connectivity index (χ0v) is 11.2. The number of amides is 1. The summed E-state index contributed by atoms with van der Waals surface area (Å²) in [5.41, 5.74) is 1.26. The minimum absolute atomic E-state index is 0.289. The van der Waals surface area contributed by atoms with E-state index in [-0.39, 0.29) is 5.91 Å². The molecule has 0 radical (unpaired) electrons. The van der Waals surface area contributed by atoms with Crippen molar-refractivity contribution >= 4 is 33.9 Å². The largest absolute Gasteiger partial charge is 0.296 e. The van der Waals surface area contributed by atoms with E-state index in [0.717, 1.165) is 10.4 Å². The van der Waals surface area contributed by atoms with Gasteiger partial charge in [-0.15, -0.1) is 16.4 Å². The van der Waals surface area contributed by atoms with Crippen molar-refractivity contribution in [2.45, 2.75) is 0 Å². The second-order valence-electron chi connectivity index (χ2n) is 3.61. The van der Waals surface area contributed by atoms with Crippen molar-refractivity contribution in [1.29, 1.82) is 0 Å². The van der Waals surface area contributed by atoms with Crippen LogP contribution in [0.3, 0.4) is 0 Å². The molecule has 0 unspecified atom stereocenters. The molecule has 19 heavy (non-hydrogen) atoms. The van der Waals surface area contributed by atoms with E-state index in [4.69, 9.17) is 0 Å². The summed E-state index contributed by atoms with van der Waals surface area (Å²) in [5.74, 6) is -0.289. The van der Waals surface area contributed by atoms with Crippen LogP contribution in [0, 0.1) is 0 Å². The van der Waals surface area contributed by atoms with E-state index in [9.17, 15) is 4.79 Å². The average molecular weight is 288 g/mol. The summed E-state index contributed by atoms with van der Waals surface area (Å²) >= 11 is 2.57. The Morgan fingerprint density at radius 2 is 2.05 bits per heavy atom. The third-order valence-electron chi connectivity index (χ3n) is 2.39. The third-order valence-corrected chi connectivity index (χ3v) is 3.86. The lowest BCUT2D eigenvalue weighted by molar-refractivity contribution is 0.102. The van der Waals surface area contributed by atoms with Gasteiger partial charge in [-0.05, 0) is 17.1 Å². The van der Waals surface area contributed by atoms with Crippen LogP contribution in [0.4, 0.5) is 5.13 Å². The van der Waals surface area contributed by atoms with Crippen LogP contribution >= 0.6 is 22.9 Å². The minimum atomic E-state index is -0.289. The molecule has 0 saturated carbocycles. The van der Waals surface area contributed by atoms with Gasteiger partial charge < -0.3 is 0 Å². The lowest BCUT2D eigenvalue weighted by Gasteiger charge is -2.01. The molecule has 7 heteroatoms. The number of hydrogen-bond acceptors (Lipinski definition) is 6. The third kappa shape index (κ3) is 2.51. The number of hydrogen-bond donors (Lipinski definition) is 1. The van der Waals surface area contributed by atoms with Gasteiger partial charge in [0.2, 0.25) is 0 Å². The molecule has 0 saturated heterocycles. The fourth-order valence-electron chi connectivity index (χ4n) is 1.56. The Bertz CT molecular complexity index is 679. The van der Waals surface area contributed by atoms with E-state index < -0.39 is 0 Å². The number of nitrogens with one attached hydrogen (secondary N) is 1. The van der Waals surface area contributed by atoms with Crippen molar-refractivity contribution in [2.24, 2.45) is 0 Å². The molecule has 1 aromatic carbocycles. The number of carbonyl (C=O) groups excluding carboxylic acids is 1. The first-order valence-corrected chi connectivity index (χ1v) is 7.08. The van der Waals surface area contributed by atoms with Crippen LogP contribution in [-0.2, 0) is 0 Å². The molecule has 5 nitrogen and oxygen atoms in total. The van der Waals surface area contributed by atoms with Crippen LogP contribution in [0.5, 0.6) is 0 Å². The number of anilines is 1. The van der Waals surface area contributed by atoms with Crippen molar-refractivity contribution in [1.82, 2.24) is 14.6 Å². The van der Waals surface area contributed by atoms with Gasteiger partial charge in [0.15, 0.2) is 10.8 Å². The van der Waals surface area contributed by atoms with Crippen molar-refractivity contribution in [2.75, 3.05) is 5.32 Å². The summed E-state index contributed by atoms with van der Waals surface area (Å²) < 4.78 is 3.86. The predicted octanol–water partition coefficient (Wildman–Crippen LogP) is 2.91. The Morgan fingerprint density at radius 3 is 2.79 bits per heavy atom. The van der Waals surface area contributed by atoms with E-state index in [1.807, 2.05) is 30.3 Å². The van der Waals surface area contributed by atoms with Gasteiger partial charge in [-0.2, -0.15) is 0 Å².